The van der Waals surface area contributed by atoms with Gasteiger partial charge in [0.05, 0.1) is 13.0 Å². The first-order chi connectivity index (χ1) is 17.1. The summed E-state index contributed by atoms with van der Waals surface area (Å²) in [6, 6.07) is 23.7. The molecular weight excluding hydrogens is 446 g/mol. The van der Waals surface area contributed by atoms with Crippen molar-refractivity contribution in [2.75, 3.05) is 13.3 Å². The maximum atomic E-state index is 12.9. The Morgan fingerprint density at radius 3 is 2.29 bits per heavy atom. The fourth-order valence-corrected chi connectivity index (χ4v) is 4.36. The van der Waals surface area contributed by atoms with Gasteiger partial charge in [-0.2, -0.15) is 0 Å². The summed E-state index contributed by atoms with van der Waals surface area (Å²) in [7, 11) is 0. The molecule has 2 N–H and O–H groups in total. The van der Waals surface area contributed by atoms with E-state index in [1.807, 2.05) is 60.7 Å². The van der Waals surface area contributed by atoms with E-state index in [0.717, 1.165) is 21.6 Å². The number of benzene rings is 3. The van der Waals surface area contributed by atoms with Crippen LogP contribution in [0.4, 0.5) is 4.79 Å². The minimum atomic E-state index is -0.900. The van der Waals surface area contributed by atoms with Crippen LogP contribution in [0.5, 0.6) is 11.5 Å². The fourth-order valence-electron chi connectivity index (χ4n) is 4.36. The number of imide groups is 1. The lowest BCUT2D eigenvalue weighted by Gasteiger charge is -2.19. The summed E-state index contributed by atoms with van der Waals surface area (Å²) in [5.74, 6) is 0.454. The highest BCUT2D eigenvalue weighted by atomic mass is 16.7. The van der Waals surface area contributed by atoms with Crippen LogP contribution in [-0.2, 0) is 16.1 Å². The third kappa shape index (κ3) is 4.96. The van der Waals surface area contributed by atoms with Crippen molar-refractivity contribution in [3.05, 3.63) is 95.6 Å². The van der Waals surface area contributed by atoms with Gasteiger partial charge in [0.15, 0.2) is 11.5 Å². The third-order valence-corrected chi connectivity index (χ3v) is 6.18. The Morgan fingerprint density at radius 2 is 1.60 bits per heavy atom. The quantitative estimate of drug-likeness (QED) is 0.492. The van der Waals surface area contributed by atoms with E-state index in [-0.39, 0.29) is 31.6 Å². The number of hydrogen-bond acceptors (Lipinski definition) is 5. The number of carbonyl (C=O) groups excluding carboxylic acids is 3. The lowest BCUT2D eigenvalue weighted by atomic mass is 9.91. The van der Waals surface area contributed by atoms with E-state index in [2.05, 4.69) is 10.6 Å². The first-order valence-corrected chi connectivity index (χ1v) is 11.5. The van der Waals surface area contributed by atoms with Crippen molar-refractivity contribution in [2.24, 2.45) is 0 Å². The molecule has 8 heteroatoms. The van der Waals surface area contributed by atoms with Gasteiger partial charge in [-0.25, -0.2) is 4.79 Å². The molecule has 2 aliphatic rings. The maximum Gasteiger partial charge on any atom is 0.325 e. The summed E-state index contributed by atoms with van der Waals surface area (Å²) in [4.78, 5) is 39.2. The van der Waals surface area contributed by atoms with Gasteiger partial charge in [-0.1, -0.05) is 66.7 Å². The summed E-state index contributed by atoms with van der Waals surface area (Å²) in [6.45, 7) is 0.612. The summed E-state index contributed by atoms with van der Waals surface area (Å²) in [6.07, 6.45) is -0.126. The lowest BCUT2D eigenvalue weighted by Crippen LogP contribution is -2.37. The highest BCUT2D eigenvalue weighted by molar-refractivity contribution is 6.05. The van der Waals surface area contributed by atoms with Crippen LogP contribution in [0.2, 0.25) is 0 Å². The minimum Gasteiger partial charge on any atom is -0.454 e. The molecule has 4 amide bonds. The second-order valence-electron chi connectivity index (χ2n) is 8.50. The Morgan fingerprint density at radius 1 is 0.943 bits per heavy atom. The molecule has 5 rings (SSSR count). The monoisotopic (exact) mass is 471 g/mol. The molecule has 0 aromatic heterocycles. The first kappa shape index (κ1) is 22.5. The molecule has 0 spiro atoms. The number of amides is 4. The molecule has 0 radical (unpaired) electrons. The lowest BCUT2D eigenvalue weighted by molar-refractivity contribution is -0.131. The van der Waals surface area contributed by atoms with E-state index in [9.17, 15) is 14.4 Å². The Labute approximate surface area is 202 Å². The predicted molar refractivity (Wildman–Crippen MR) is 128 cm³/mol. The van der Waals surface area contributed by atoms with Crippen molar-refractivity contribution < 1.29 is 23.9 Å². The normalized spacial score (nSPS) is 16.5. The van der Waals surface area contributed by atoms with Crippen molar-refractivity contribution >= 4 is 17.8 Å². The molecule has 35 heavy (non-hydrogen) atoms. The number of rotatable bonds is 8. The predicted octanol–water partition coefficient (Wildman–Crippen LogP) is 3.17. The van der Waals surface area contributed by atoms with Gasteiger partial charge in [-0.15, -0.1) is 0 Å². The molecule has 2 heterocycles. The van der Waals surface area contributed by atoms with Crippen LogP contribution >= 0.6 is 0 Å². The van der Waals surface area contributed by atoms with Crippen LogP contribution in [0.1, 0.15) is 29.0 Å². The van der Waals surface area contributed by atoms with Crippen molar-refractivity contribution in [1.29, 1.82) is 0 Å². The Bertz CT molecular complexity index is 1190. The smallest absolute Gasteiger partial charge is 0.325 e. The zero-order valence-electron chi connectivity index (χ0n) is 19.0. The number of urea groups is 1. The van der Waals surface area contributed by atoms with Gasteiger partial charge in [0, 0.05) is 12.5 Å². The SMILES string of the molecule is O=C(CC1NC(=O)N(Cc2ccc3c(c2)OCO3)C1=O)NCC(c1ccccc1)c1ccccc1. The number of fused-ring (bicyclic) bond motifs is 1. The standard InChI is InChI=1S/C27H25N3O5/c31-25(28-15-21(19-7-3-1-4-8-19)20-9-5-2-6-10-20)14-22-26(32)30(27(33)29-22)16-18-11-12-23-24(13-18)35-17-34-23/h1-13,21-22H,14-17H2,(H,28,31)(H,29,33). The van der Waals surface area contributed by atoms with Crippen molar-refractivity contribution in [3.8, 4) is 11.5 Å². The van der Waals surface area contributed by atoms with E-state index in [1.165, 1.54) is 0 Å². The van der Waals surface area contributed by atoms with Gasteiger partial charge in [-0.05, 0) is 28.8 Å². The fraction of sp³-hybridized carbons (Fsp3) is 0.222. The molecule has 0 aliphatic carbocycles. The second kappa shape index (κ2) is 9.89. The molecule has 3 aromatic rings. The van der Waals surface area contributed by atoms with Crippen LogP contribution in [0.15, 0.2) is 78.9 Å². The number of carbonyl (C=O) groups is 3. The third-order valence-electron chi connectivity index (χ3n) is 6.18. The molecule has 0 bridgehead atoms. The summed E-state index contributed by atoms with van der Waals surface area (Å²) in [5, 5.41) is 5.57. The van der Waals surface area contributed by atoms with Crippen LogP contribution in [0.3, 0.4) is 0 Å². The highest BCUT2D eigenvalue weighted by Gasteiger charge is 2.39. The number of hydrogen-bond donors (Lipinski definition) is 2. The molecule has 8 nitrogen and oxygen atoms in total. The largest absolute Gasteiger partial charge is 0.454 e. The van der Waals surface area contributed by atoms with Crippen LogP contribution in [-0.4, -0.2) is 42.1 Å². The van der Waals surface area contributed by atoms with Crippen LogP contribution < -0.4 is 20.1 Å². The van der Waals surface area contributed by atoms with E-state index >= 15 is 0 Å². The maximum absolute atomic E-state index is 12.9. The van der Waals surface area contributed by atoms with E-state index in [1.54, 1.807) is 18.2 Å². The molecule has 1 unspecified atom stereocenters. The molecule has 3 aromatic carbocycles. The average molecular weight is 472 g/mol. The van der Waals surface area contributed by atoms with Gasteiger partial charge < -0.3 is 20.1 Å². The summed E-state index contributed by atoms with van der Waals surface area (Å²) >= 11 is 0. The number of ether oxygens (including phenoxy) is 2. The molecule has 2 aliphatic heterocycles. The van der Waals surface area contributed by atoms with Crippen LogP contribution in [0, 0.1) is 0 Å². The molecule has 178 valence electrons. The van der Waals surface area contributed by atoms with E-state index in [4.69, 9.17) is 9.47 Å². The number of nitrogens with one attached hydrogen (secondary N) is 2. The zero-order valence-corrected chi connectivity index (χ0v) is 19.0. The van der Waals surface area contributed by atoms with Crippen molar-refractivity contribution in [3.63, 3.8) is 0 Å². The Hall–Kier alpha value is -4.33. The topological polar surface area (TPSA) is 97.0 Å². The Kier molecular flexibility index (Phi) is 6.34. The van der Waals surface area contributed by atoms with Gasteiger partial charge in [0.1, 0.15) is 6.04 Å². The Balaban J connectivity index is 1.20. The molecule has 1 saturated heterocycles. The highest BCUT2D eigenvalue weighted by Crippen LogP contribution is 2.33. The molecule has 0 saturated carbocycles. The molecular formula is C27H25N3O5. The second-order valence-corrected chi connectivity index (χ2v) is 8.50. The zero-order chi connectivity index (χ0) is 24.2. The van der Waals surface area contributed by atoms with Gasteiger partial charge in [0.2, 0.25) is 12.7 Å². The van der Waals surface area contributed by atoms with Gasteiger partial charge in [0.25, 0.3) is 5.91 Å². The number of nitrogens with zero attached hydrogens (tertiary/aromatic N) is 1. The van der Waals surface area contributed by atoms with Crippen LogP contribution in [0.25, 0.3) is 0 Å². The van der Waals surface area contributed by atoms with Gasteiger partial charge >= 0.3 is 6.03 Å². The van der Waals surface area contributed by atoms with E-state index in [0.29, 0.717) is 18.0 Å². The summed E-state index contributed by atoms with van der Waals surface area (Å²) < 4.78 is 10.7. The first-order valence-electron chi connectivity index (χ1n) is 11.5. The molecule has 1 fully saturated rings. The van der Waals surface area contributed by atoms with Crippen molar-refractivity contribution in [2.45, 2.75) is 24.9 Å². The average Bonchev–Trinajstić information content (AvgIpc) is 3.45. The molecule has 1 atom stereocenters. The summed E-state index contributed by atoms with van der Waals surface area (Å²) in [5.41, 5.74) is 2.90. The van der Waals surface area contributed by atoms with Gasteiger partial charge in [-0.3, -0.25) is 14.5 Å². The minimum absolute atomic E-state index is 0.0299. The van der Waals surface area contributed by atoms with E-state index < -0.39 is 18.0 Å². The van der Waals surface area contributed by atoms with Crippen molar-refractivity contribution in [1.82, 2.24) is 15.5 Å².